The van der Waals surface area contributed by atoms with Gasteiger partial charge in [-0.2, -0.15) is 0 Å². The summed E-state index contributed by atoms with van der Waals surface area (Å²) >= 11 is 0. The molecule has 2 heteroatoms. The Labute approximate surface area is 125 Å². The van der Waals surface area contributed by atoms with Gasteiger partial charge < -0.3 is 0 Å². The Balaban J connectivity index is 1.85. The van der Waals surface area contributed by atoms with Crippen molar-refractivity contribution in [3.05, 3.63) is 65.2 Å². The number of aryl methyl sites for hydroxylation is 1. The lowest BCUT2D eigenvalue weighted by Crippen LogP contribution is -2.34. The summed E-state index contributed by atoms with van der Waals surface area (Å²) in [6.45, 7) is 4.09. The molecular weight excluding hydrogens is 258 g/mol. The quantitative estimate of drug-likeness (QED) is 0.675. The number of fused-ring (bicyclic) bond motifs is 1. The minimum absolute atomic E-state index is 0.131. The second-order valence-corrected chi connectivity index (χ2v) is 5.47. The van der Waals surface area contributed by atoms with Crippen LogP contribution < -0.4 is 4.90 Å². The molecule has 21 heavy (non-hydrogen) atoms. The Kier molecular flexibility index (Phi) is 3.50. The van der Waals surface area contributed by atoms with Crippen LogP contribution in [-0.4, -0.2) is 11.9 Å². The lowest BCUT2D eigenvalue weighted by molar-refractivity contribution is -0.113. The van der Waals surface area contributed by atoms with Crippen molar-refractivity contribution in [2.75, 3.05) is 4.90 Å². The van der Waals surface area contributed by atoms with Gasteiger partial charge in [0.05, 0.1) is 0 Å². The maximum absolute atomic E-state index is 12.4. The highest BCUT2D eigenvalue weighted by molar-refractivity contribution is 6.07. The highest BCUT2D eigenvalue weighted by Gasteiger charge is 2.29. The zero-order valence-electron chi connectivity index (χ0n) is 12.3. The summed E-state index contributed by atoms with van der Waals surface area (Å²) in [5.74, 6) is 5.60. The highest BCUT2D eigenvalue weighted by atomic mass is 16.2. The number of rotatable bonds is 0. The van der Waals surface area contributed by atoms with Crippen LogP contribution in [0.1, 0.15) is 23.6 Å². The first-order chi connectivity index (χ1) is 10.1. The Morgan fingerprint density at radius 3 is 2.62 bits per heavy atom. The third-order valence-corrected chi connectivity index (χ3v) is 3.79. The van der Waals surface area contributed by atoms with E-state index in [2.05, 4.69) is 24.8 Å². The van der Waals surface area contributed by atoms with Crippen LogP contribution in [0.4, 0.5) is 5.69 Å². The van der Waals surface area contributed by atoms with E-state index in [-0.39, 0.29) is 11.9 Å². The molecule has 0 N–H and O–H groups in total. The largest absolute Gasteiger partial charge is 0.303 e. The van der Waals surface area contributed by atoms with Crippen molar-refractivity contribution in [3.63, 3.8) is 0 Å². The number of carbonyl (C=O) groups excluding carboxylic acids is 1. The molecule has 1 atom stereocenters. The van der Waals surface area contributed by atoms with Crippen LogP contribution in [-0.2, 0) is 11.2 Å². The van der Waals surface area contributed by atoms with E-state index in [1.54, 1.807) is 4.90 Å². The third-order valence-electron chi connectivity index (χ3n) is 3.79. The molecule has 1 unspecified atom stereocenters. The van der Waals surface area contributed by atoms with E-state index < -0.39 is 0 Å². The Morgan fingerprint density at radius 2 is 1.86 bits per heavy atom. The lowest BCUT2D eigenvalue weighted by atomic mass is 10.1. The fraction of sp³-hybridized carbons (Fsp3) is 0.211. The van der Waals surface area contributed by atoms with Crippen molar-refractivity contribution in [2.45, 2.75) is 26.3 Å². The molecule has 0 aromatic heterocycles. The van der Waals surface area contributed by atoms with Gasteiger partial charge in [0.2, 0.25) is 0 Å². The van der Waals surface area contributed by atoms with Crippen LogP contribution in [0.25, 0.3) is 0 Å². The second kappa shape index (κ2) is 5.46. The number of hydrogen-bond acceptors (Lipinski definition) is 1. The maximum atomic E-state index is 12.4. The second-order valence-electron chi connectivity index (χ2n) is 5.47. The Morgan fingerprint density at radius 1 is 1.14 bits per heavy atom. The summed E-state index contributed by atoms with van der Waals surface area (Å²) in [6.07, 6.45) is 0.897. The molecule has 0 spiro atoms. The molecule has 0 saturated carbocycles. The minimum Gasteiger partial charge on any atom is -0.298 e. The molecule has 1 aliphatic rings. The molecule has 0 saturated heterocycles. The van der Waals surface area contributed by atoms with Gasteiger partial charge >= 0.3 is 5.91 Å². The topological polar surface area (TPSA) is 20.3 Å². The van der Waals surface area contributed by atoms with Gasteiger partial charge in [-0.25, -0.2) is 0 Å². The highest BCUT2D eigenvalue weighted by Crippen LogP contribution is 2.31. The van der Waals surface area contributed by atoms with Crippen molar-refractivity contribution in [1.82, 2.24) is 0 Å². The van der Waals surface area contributed by atoms with Crippen LogP contribution in [0.5, 0.6) is 0 Å². The smallest absolute Gasteiger partial charge is 0.298 e. The fourth-order valence-corrected chi connectivity index (χ4v) is 2.70. The van der Waals surface area contributed by atoms with Crippen LogP contribution in [0.2, 0.25) is 0 Å². The average Bonchev–Trinajstić information content (AvgIpc) is 2.82. The van der Waals surface area contributed by atoms with E-state index in [9.17, 15) is 4.79 Å². The normalized spacial score (nSPS) is 16.1. The van der Waals surface area contributed by atoms with Crippen LogP contribution >= 0.6 is 0 Å². The molecule has 0 radical (unpaired) electrons. The minimum atomic E-state index is -0.131. The van der Waals surface area contributed by atoms with Gasteiger partial charge in [0, 0.05) is 23.2 Å². The van der Waals surface area contributed by atoms with Gasteiger partial charge in [0.15, 0.2) is 0 Å². The zero-order chi connectivity index (χ0) is 14.8. The van der Waals surface area contributed by atoms with Crippen LogP contribution in [0.15, 0.2) is 48.5 Å². The molecule has 2 aromatic rings. The summed E-state index contributed by atoms with van der Waals surface area (Å²) in [5.41, 5.74) is 4.27. The van der Waals surface area contributed by atoms with Crippen molar-refractivity contribution in [3.8, 4) is 11.8 Å². The van der Waals surface area contributed by atoms with Crippen molar-refractivity contribution in [2.24, 2.45) is 0 Å². The zero-order valence-corrected chi connectivity index (χ0v) is 12.3. The summed E-state index contributed by atoms with van der Waals surface area (Å²) in [4.78, 5) is 14.2. The van der Waals surface area contributed by atoms with Gasteiger partial charge in [-0.15, -0.1) is 0 Å². The maximum Gasteiger partial charge on any atom is 0.303 e. The molecule has 0 bridgehead atoms. The first-order valence-electron chi connectivity index (χ1n) is 7.15. The van der Waals surface area contributed by atoms with Crippen molar-refractivity contribution < 1.29 is 4.79 Å². The molecule has 1 aliphatic heterocycles. The standard InChI is InChI=1S/C19H17NO/c1-14-7-9-16(10-8-14)11-12-19(21)20-15(2)13-17-5-3-4-6-18(17)20/h3-10,15H,13H2,1-2H3. The summed E-state index contributed by atoms with van der Waals surface area (Å²) in [6, 6.07) is 16.1. The average molecular weight is 275 g/mol. The molecule has 0 aliphatic carbocycles. The van der Waals surface area contributed by atoms with Crippen molar-refractivity contribution >= 4 is 11.6 Å². The summed E-state index contributed by atoms with van der Waals surface area (Å²) < 4.78 is 0. The van der Waals surface area contributed by atoms with Crippen LogP contribution in [0.3, 0.4) is 0 Å². The lowest BCUT2D eigenvalue weighted by Gasteiger charge is -2.19. The molecule has 1 heterocycles. The Bertz CT molecular complexity index is 734. The summed E-state index contributed by atoms with van der Waals surface area (Å²) in [7, 11) is 0. The fourth-order valence-electron chi connectivity index (χ4n) is 2.70. The first-order valence-corrected chi connectivity index (χ1v) is 7.15. The number of anilines is 1. The van der Waals surface area contributed by atoms with E-state index in [4.69, 9.17) is 0 Å². The van der Waals surface area contributed by atoms with Gasteiger partial charge in [-0.3, -0.25) is 9.69 Å². The molecular formula is C19H17NO. The van der Waals surface area contributed by atoms with Gasteiger partial charge in [0.1, 0.15) is 0 Å². The number of para-hydroxylation sites is 1. The molecule has 0 fully saturated rings. The Hall–Kier alpha value is -2.53. The van der Waals surface area contributed by atoms with Crippen LogP contribution in [0, 0.1) is 18.8 Å². The SMILES string of the molecule is Cc1ccc(C#CC(=O)N2c3ccccc3CC2C)cc1. The van der Waals surface area contributed by atoms with Gasteiger partial charge in [-0.05, 0) is 44.0 Å². The molecule has 2 aromatic carbocycles. The number of benzene rings is 2. The van der Waals surface area contributed by atoms with E-state index in [0.717, 1.165) is 17.7 Å². The molecule has 2 nitrogen and oxygen atoms in total. The first kappa shape index (κ1) is 13.5. The van der Waals surface area contributed by atoms with Gasteiger partial charge in [-0.1, -0.05) is 41.8 Å². The number of carbonyl (C=O) groups is 1. The van der Waals surface area contributed by atoms with E-state index >= 15 is 0 Å². The monoisotopic (exact) mass is 275 g/mol. The van der Waals surface area contributed by atoms with Gasteiger partial charge in [0.25, 0.3) is 0 Å². The molecule has 3 rings (SSSR count). The number of hydrogen-bond donors (Lipinski definition) is 0. The molecule has 104 valence electrons. The van der Waals surface area contributed by atoms with Crippen molar-refractivity contribution in [1.29, 1.82) is 0 Å². The predicted octanol–water partition coefficient (Wildman–Crippen LogP) is 3.32. The third kappa shape index (κ3) is 2.68. The predicted molar refractivity (Wildman–Crippen MR) is 85.2 cm³/mol. The van der Waals surface area contributed by atoms with E-state index in [0.29, 0.717) is 0 Å². The van der Waals surface area contributed by atoms with E-state index in [1.807, 2.05) is 49.4 Å². The number of amides is 1. The number of nitrogens with zero attached hydrogens (tertiary/aromatic N) is 1. The molecule has 1 amide bonds. The summed E-state index contributed by atoms with van der Waals surface area (Å²) in [5, 5.41) is 0. The van der Waals surface area contributed by atoms with E-state index in [1.165, 1.54) is 11.1 Å².